The van der Waals surface area contributed by atoms with Crippen molar-refractivity contribution in [2.24, 2.45) is 4.99 Å². The maximum atomic E-state index is 4.27. The number of likely N-dealkylation sites (N-methyl/N-ethyl adjacent to an activating group) is 1. The molecule has 0 bridgehead atoms. The maximum absolute atomic E-state index is 4.27. The highest BCUT2D eigenvalue weighted by atomic mass is 15.3. The van der Waals surface area contributed by atoms with Crippen LogP contribution < -0.4 is 10.6 Å². The Kier molecular flexibility index (Phi) is 8.62. The highest BCUT2D eigenvalue weighted by Crippen LogP contribution is 2.01. The fourth-order valence-electron chi connectivity index (χ4n) is 2.84. The van der Waals surface area contributed by atoms with Gasteiger partial charge in [0.05, 0.1) is 0 Å². The summed E-state index contributed by atoms with van der Waals surface area (Å²) in [4.78, 5) is 9.25. The van der Waals surface area contributed by atoms with Crippen molar-refractivity contribution in [3.05, 3.63) is 18.5 Å². The van der Waals surface area contributed by atoms with Gasteiger partial charge in [-0.25, -0.2) is 0 Å². The van der Waals surface area contributed by atoms with E-state index in [1.165, 1.54) is 45.6 Å². The molecule has 2 N–H and O–H groups in total. The Morgan fingerprint density at radius 3 is 2.46 bits per heavy atom. The topological polar surface area (TPSA) is 60.7 Å². The van der Waals surface area contributed by atoms with Gasteiger partial charge in [-0.3, -0.25) is 9.67 Å². The van der Waals surface area contributed by atoms with Crippen LogP contribution in [0.5, 0.6) is 0 Å². The van der Waals surface area contributed by atoms with Crippen LogP contribution in [-0.2, 0) is 6.54 Å². The van der Waals surface area contributed by atoms with E-state index in [4.69, 9.17) is 0 Å². The van der Waals surface area contributed by atoms with Gasteiger partial charge in [0, 0.05) is 65.3 Å². The number of nitrogens with one attached hydrogen (secondary N) is 2. The quantitative estimate of drug-likeness (QED) is 0.390. The van der Waals surface area contributed by atoms with Crippen molar-refractivity contribution in [3.63, 3.8) is 0 Å². The Morgan fingerprint density at radius 2 is 1.79 bits per heavy atom. The number of aromatic nitrogens is 2. The van der Waals surface area contributed by atoms with E-state index in [0.717, 1.165) is 32.0 Å². The third kappa shape index (κ3) is 7.31. The molecule has 1 fully saturated rings. The molecule has 0 amide bonds. The van der Waals surface area contributed by atoms with E-state index >= 15 is 0 Å². The van der Waals surface area contributed by atoms with Crippen molar-refractivity contribution in [1.29, 1.82) is 0 Å². The van der Waals surface area contributed by atoms with Gasteiger partial charge in [-0.2, -0.15) is 5.10 Å². The van der Waals surface area contributed by atoms with Crippen molar-refractivity contribution in [2.75, 3.05) is 59.9 Å². The molecule has 0 unspecified atom stereocenters. The molecule has 7 nitrogen and oxygen atoms in total. The predicted octanol–water partition coefficient (Wildman–Crippen LogP) is 0.466. The average Bonchev–Trinajstić information content (AvgIpc) is 3.11. The van der Waals surface area contributed by atoms with Crippen molar-refractivity contribution in [3.8, 4) is 0 Å². The molecule has 1 aliphatic rings. The number of aryl methyl sites for hydroxylation is 1. The maximum Gasteiger partial charge on any atom is 0.190 e. The number of aliphatic imine (C=N–C) groups is 1. The number of nitrogens with zero attached hydrogens (tertiary/aromatic N) is 5. The summed E-state index contributed by atoms with van der Waals surface area (Å²) in [7, 11) is 4.03. The molecular formula is C17H33N7. The molecule has 0 aliphatic carbocycles. The van der Waals surface area contributed by atoms with Crippen LogP contribution in [0.25, 0.3) is 0 Å². The Morgan fingerprint density at radius 1 is 1.04 bits per heavy atom. The monoisotopic (exact) mass is 335 g/mol. The van der Waals surface area contributed by atoms with Crippen LogP contribution in [0, 0.1) is 0 Å². The van der Waals surface area contributed by atoms with Crippen LogP contribution in [-0.4, -0.2) is 85.4 Å². The highest BCUT2D eigenvalue weighted by molar-refractivity contribution is 5.79. The van der Waals surface area contributed by atoms with E-state index < -0.39 is 0 Å². The molecule has 2 heterocycles. The standard InChI is InChI=1S/C17H33N7/c1-18-17(20-8-5-11-24-12-6-9-21-24)19-7-3-4-10-23-15-13-22(2)14-16-23/h6,9,12H,3-5,7-8,10-11,13-16H2,1-2H3,(H2,18,19,20). The lowest BCUT2D eigenvalue weighted by molar-refractivity contribution is 0.152. The largest absolute Gasteiger partial charge is 0.356 e. The molecule has 1 aromatic heterocycles. The normalized spacial score (nSPS) is 17.2. The number of hydrogen-bond acceptors (Lipinski definition) is 4. The Labute approximate surface area is 146 Å². The van der Waals surface area contributed by atoms with Gasteiger partial charge in [-0.05, 0) is 38.9 Å². The number of unbranched alkanes of at least 4 members (excludes halogenated alkanes) is 1. The van der Waals surface area contributed by atoms with E-state index in [0.29, 0.717) is 0 Å². The van der Waals surface area contributed by atoms with Gasteiger partial charge in [0.2, 0.25) is 0 Å². The van der Waals surface area contributed by atoms with Gasteiger partial charge >= 0.3 is 0 Å². The van der Waals surface area contributed by atoms with Gasteiger partial charge in [-0.15, -0.1) is 0 Å². The fourth-order valence-corrected chi connectivity index (χ4v) is 2.84. The third-order valence-corrected chi connectivity index (χ3v) is 4.43. The molecule has 0 spiro atoms. The molecule has 0 radical (unpaired) electrons. The molecule has 24 heavy (non-hydrogen) atoms. The summed E-state index contributed by atoms with van der Waals surface area (Å²) in [5.41, 5.74) is 0. The second-order valence-electron chi connectivity index (χ2n) is 6.40. The van der Waals surface area contributed by atoms with E-state index in [-0.39, 0.29) is 0 Å². The first-order valence-electron chi connectivity index (χ1n) is 9.11. The molecule has 7 heteroatoms. The van der Waals surface area contributed by atoms with Crippen LogP contribution in [0.1, 0.15) is 19.3 Å². The van der Waals surface area contributed by atoms with Crippen molar-refractivity contribution < 1.29 is 0 Å². The van der Waals surface area contributed by atoms with Crippen LogP contribution in [0.15, 0.2) is 23.5 Å². The summed E-state index contributed by atoms with van der Waals surface area (Å²) in [5, 5.41) is 11.0. The zero-order valence-corrected chi connectivity index (χ0v) is 15.2. The molecule has 2 rings (SSSR count). The Hall–Kier alpha value is -1.60. The van der Waals surface area contributed by atoms with Crippen molar-refractivity contribution >= 4 is 5.96 Å². The lowest BCUT2D eigenvalue weighted by atomic mass is 10.2. The van der Waals surface area contributed by atoms with E-state index in [1.54, 1.807) is 0 Å². The number of rotatable bonds is 9. The van der Waals surface area contributed by atoms with E-state index in [9.17, 15) is 0 Å². The molecule has 136 valence electrons. The van der Waals surface area contributed by atoms with E-state index in [1.807, 2.05) is 30.2 Å². The molecule has 1 aliphatic heterocycles. The smallest absolute Gasteiger partial charge is 0.190 e. The molecule has 1 aromatic rings. The van der Waals surface area contributed by atoms with Crippen molar-refractivity contribution in [1.82, 2.24) is 30.2 Å². The Bertz CT molecular complexity index is 450. The number of guanidine groups is 1. The van der Waals surface area contributed by atoms with Gasteiger partial charge in [0.15, 0.2) is 5.96 Å². The zero-order valence-electron chi connectivity index (χ0n) is 15.2. The summed E-state index contributed by atoms with van der Waals surface area (Å²) in [6.45, 7) is 8.86. The first kappa shape index (κ1) is 18.7. The lowest BCUT2D eigenvalue weighted by Crippen LogP contribution is -2.44. The van der Waals surface area contributed by atoms with Crippen LogP contribution >= 0.6 is 0 Å². The molecule has 0 saturated carbocycles. The SMILES string of the molecule is CN=C(NCCCCN1CCN(C)CC1)NCCCn1cccn1. The minimum Gasteiger partial charge on any atom is -0.356 e. The number of hydrogen-bond donors (Lipinski definition) is 2. The first-order chi connectivity index (χ1) is 11.8. The molecule has 0 aromatic carbocycles. The van der Waals surface area contributed by atoms with Gasteiger partial charge in [0.25, 0.3) is 0 Å². The van der Waals surface area contributed by atoms with Crippen molar-refractivity contribution in [2.45, 2.75) is 25.8 Å². The first-order valence-corrected chi connectivity index (χ1v) is 9.11. The van der Waals surface area contributed by atoms with Gasteiger partial charge in [-0.1, -0.05) is 0 Å². The van der Waals surface area contributed by atoms with Crippen LogP contribution in [0.2, 0.25) is 0 Å². The predicted molar refractivity (Wildman–Crippen MR) is 99.4 cm³/mol. The second-order valence-corrected chi connectivity index (χ2v) is 6.40. The molecule has 1 saturated heterocycles. The number of piperazine rings is 1. The fraction of sp³-hybridized carbons (Fsp3) is 0.765. The molecular weight excluding hydrogens is 302 g/mol. The summed E-state index contributed by atoms with van der Waals surface area (Å²) in [6, 6.07) is 1.95. The van der Waals surface area contributed by atoms with E-state index in [2.05, 4.69) is 37.6 Å². The summed E-state index contributed by atoms with van der Waals surface area (Å²) in [5.74, 6) is 0.898. The van der Waals surface area contributed by atoms with Crippen LogP contribution in [0.4, 0.5) is 0 Å². The van der Waals surface area contributed by atoms with Crippen LogP contribution in [0.3, 0.4) is 0 Å². The minimum atomic E-state index is 0.898. The average molecular weight is 336 g/mol. The minimum absolute atomic E-state index is 0.898. The lowest BCUT2D eigenvalue weighted by Gasteiger charge is -2.32. The summed E-state index contributed by atoms with van der Waals surface area (Å²) < 4.78 is 1.95. The zero-order chi connectivity index (χ0) is 17.0. The summed E-state index contributed by atoms with van der Waals surface area (Å²) in [6.07, 6.45) is 7.27. The highest BCUT2D eigenvalue weighted by Gasteiger charge is 2.12. The summed E-state index contributed by atoms with van der Waals surface area (Å²) >= 11 is 0. The second kappa shape index (κ2) is 11.0. The van der Waals surface area contributed by atoms with Gasteiger partial charge < -0.3 is 20.4 Å². The molecule has 0 atom stereocenters. The Balaban J connectivity index is 1.46. The van der Waals surface area contributed by atoms with Gasteiger partial charge in [0.1, 0.15) is 0 Å². The third-order valence-electron chi connectivity index (χ3n) is 4.43.